The Hall–Kier alpha value is -0.890. The SMILES string of the molecule is CC(C)[C@@H](C)/C=C/[C@@H](C)[C@H]1CC[C@H]2C3=CC(=O)C4C[C@@H](O)CC[C@]4(C)[C@H]3CC[C@]12C. The molecule has 3 saturated carbocycles. The number of hydrogen-bond acceptors (Lipinski definition) is 2. The highest BCUT2D eigenvalue weighted by molar-refractivity contribution is 5.94. The van der Waals surface area contributed by atoms with Crippen molar-refractivity contribution in [1.82, 2.24) is 0 Å². The molecule has 0 saturated heterocycles. The van der Waals surface area contributed by atoms with Crippen molar-refractivity contribution in [3.8, 4) is 0 Å². The van der Waals surface area contributed by atoms with Crippen molar-refractivity contribution in [2.75, 3.05) is 0 Å². The first-order valence-electron chi connectivity index (χ1n) is 12.7. The molecular weight excluding hydrogens is 368 g/mol. The Morgan fingerprint density at radius 2 is 1.60 bits per heavy atom. The largest absolute Gasteiger partial charge is 0.393 e. The molecule has 0 aromatic carbocycles. The molecule has 1 unspecified atom stereocenters. The number of ketones is 1. The molecule has 4 aliphatic carbocycles. The summed E-state index contributed by atoms with van der Waals surface area (Å²) in [4.78, 5) is 13.2. The maximum absolute atomic E-state index is 13.2. The average molecular weight is 413 g/mol. The second-order valence-corrected chi connectivity index (χ2v) is 12.2. The molecule has 168 valence electrons. The van der Waals surface area contributed by atoms with Gasteiger partial charge in [0.2, 0.25) is 0 Å². The Labute approximate surface area is 184 Å². The van der Waals surface area contributed by atoms with E-state index in [4.69, 9.17) is 0 Å². The summed E-state index contributed by atoms with van der Waals surface area (Å²) in [5.41, 5.74) is 1.89. The first-order valence-corrected chi connectivity index (χ1v) is 12.7. The zero-order valence-corrected chi connectivity index (χ0v) is 20.2. The van der Waals surface area contributed by atoms with Crippen LogP contribution in [0.5, 0.6) is 0 Å². The highest BCUT2D eigenvalue weighted by atomic mass is 16.3. The first kappa shape index (κ1) is 22.3. The third-order valence-corrected chi connectivity index (χ3v) is 10.4. The van der Waals surface area contributed by atoms with Gasteiger partial charge in [-0.15, -0.1) is 0 Å². The van der Waals surface area contributed by atoms with E-state index < -0.39 is 0 Å². The number of aliphatic hydroxyl groups is 1. The lowest BCUT2D eigenvalue weighted by atomic mass is 9.47. The minimum Gasteiger partial charge on any atom is -0.393 e. The van der Waals surface area contributed by atoms with Crippen LogP contribution in [-0.4, -0.2) is 17.0 Å². The lowest BCUT2D eigenvalue weighted by Gasteiger charge is -2.57. The maximum atomic E-state index is 13.2. The maximum Gasteiger partial charge on any atom is 0.159 e. The van der Waals surface area contributed by atoms with Crippen molar-refractivity contribution in [1.29, 1.82) is 0 Å². The van der Waals surface area contributed by atoms with Gasteiger partial charge in [0.15, 0.2) is 5.78 Å². The van der Waals surface area contributed by atoms with E-state index in [1.54, 1.807) is 0 Å². The summed E-state index contributed by atoms with van der Waals surface area (Å²) in [5, 5.41) is 10.2. The van der Waals surface area contributed by atoms with Gasteiger partial charge < -0.3 is 5.11 Å². The molecule has 0 aromatic heterocycles. The smallest absolute Gasteiger partial charge is 0.159 e. The molecule has 0 spiro atoms. The van der Waals surface area contributed by atoms with E-state index in [0.717, 1.165) is 12.8 Å². The van der Waals surface area contributed by atoms with Crippen molar-refractivity contribution in [3.05, 3.63) is 23.8 Å². The van der Waals surface area contributed by atoms with Crippen LogP contribution < -0.4 is 0 Å². The second-order valence-electron chi connectivity index (χ2n) is 12.2. The van der Waals surface area contributed by atoms with Gasteiger partial charge in [-0.3, -0.25) is 4.79 Å². The van der Waals surface area contributed by atoms with Gasteiger partial charge in [-0.1, -0.05) is 59.3 Å². The Morgan fingerprint density at radius 1 is 0.933 bits per heavy atom. The summed E-state index contributed by atoms with van der Waals surface area (Å²) < 4.78 is 0. The number of aliphatic hydroxyl groups excluding tert-OH is 1. The fourth-order valence-corrected chi connectivity index (χ4v) is 7.95. The van der Waals surface area contributed by atoms with Gasteiger partial charge in [0.25, 0.3) is 0 Å². The third-order valence-electron chi connectivity index (χ3n) is 10.4. The highest BCUT2D eigenvalue weighted by Gasteiger charge is 2.59. The summed E-state index contributed by atoms with van der Waals surface area (Å²) in [6, 6.07) is 0. The van der Waals surface area contributed by atoms with Crippen LogP contribution in [-0.2, 0) is 4.79 Å². The fourth-order valence-electron chi connectivity index (χ4n) is 7.95. The molecule has 2 heteroatoms. The van der Waals surface area contributed by atoms with Crippen LogP contribution in [0.15, 0.2) is 23.8 Å². The van der Waals surface area contributed by atoms with Crippen LogP contribution in [0.3, 0.4) is 0 Å². The molecule has 0 heterocycles. The molecule has 2 nitrogen and oxygen atoms in total. The summed E-state index contributed by atoms with van der Waals surface area (Å²) in [6.07, 6.45) is 14.3. The van der Waals surface area contributed by atoms with E-state index in [0.29, 0.717) is 53.1 Å². The summed E-state index contributed by atoms with van der Waals surface area (Å²) >= 11 is 0. The summed E-state index contributed by atoms with van der Waals surface area (Å²) in [5.74, 6) is 4.12. The number of carbonyl (C=O) groups excluding carboxylic acids is 1. The lowest BCUT2D eigenvalue weighted by Crippen LogP contribution is -2.52. The molecule has 30 heavy (non-hydrogen) atoms. The van der Waals surface area contributed by atoms with Crippen molar-refractivity contribution in [3.63, 3.8) is 0 Å². The van der Waals surface area contributed by atoms with Gasteiger partial charge >= 0.3 is 0 Å². The Bertz CT molecular complexity index is 733. The van der Waals surface area contributed by atoms with Gasteiger partial charge in [-0.25, -0.2) is 0 Å². The number of carbonyl (C=O) groups is 1. The number of hydrogen-bond donors (Lipinski definition) is 1. The van der Waals surface area contributed by atoms with E-state index >= 15 is 0 Å². The number of fused-ring (bicyclic) bond motifs is 5. The normalized spacial score (nSPS) is 45.7. The van der Waals surface area contributed by atoms with Crippen molar-refractivity contribution < 1.29 is 9.90 Å². The molecule has 3 fully saturated rings. The molecule has 0 bridgehead atoms. The molecule has 4 rings (SSSR count). The molecule has 9 atom stereocenters. The summed E-state index contributed by atoms with van der Waals surface area (Å²) in [6.45, 7) is 14.3. The lowest BCUT2D eigenvalue weighted by molar-refractivity contribution is -0.132. The third kappa shape index (κ3) is 3.46. The van der Waals surface area contributed by atoms with Crippen molar-refractivity contribution in [2.45, 2.75) is 92.6 Å². The van der Waals surface area contributed by atoms with Crippen LogP contribution in [0.2, 0.25) is 0 Å². The van der Waals surface area contributed by atoms with Crippen molar-refractivity contribution >= 4 is 5.78 Å². The number of rotatable bonds is 4. The zero-order valence-electron chi connectivity index (χ0n) is 20.2. The standard InChI is InChI=1S/C28H44O2/c1-17(2)18(3)7-8-19(4)22-9-10-23-21-16-26(30)25-15-20(29)11-13-28(25,6)24(21)12-14-27(22,23)5/h7-8,16-20,22-25,29H,9-15H2,1-6H3/b8-7+/t18-,19+,20-,22+,23-,24-,25?,27+,28+/m0/s1. The molecule has 1 N–H and O–H groups in total. The van der Waals surface area contributed by atoms with Gasteiger partial charge in [-0.2, -0.15) is 0 Å². The van der Waals surface area contributed by atoms with Gasteiger partial charge in [0.1, 0.15) is 0 Å². The Kier molecular flexibility index (Phi) is 5.88. The van der Waals surface area contributed by atoms with Crippen molar-refractivity contribution in [2.24, 2.45) is 52.3 Å². The molecule has 0 aromatic rings. The average Bonchev–Trinajstić information content (AvgIpc) is 3.04. The minimum atomic E-state index is -0.285. The summed E-state index contributed by atoms with van der Waals surface area (Å²) in [7, 11) is 0. The zero-order chi connectivity index (χ0) is 21.8. The predicted octanol–water partition coefficient (Wildman–Crippen LogP) is 6.59. The van der Waals surface area contributed by atoms with Crippen LogP contribution in [0.4, 0.5) is 0 Å². The monoisotopic (exact) mass is 412 g/mol. The van der Waals surface area contributed by atoms with E-state index in [1.165, 1.54) is 31.3 Å². The Balaban J connectivity index is 1.59. The van der Waals surface area contributed by atoms with Gasteiger partial charge in [0.05, 0.1) is 6.10 Å². The quantitative estimate of drug-likeness (QED) is 0.529. The first-order chi connectivity index (χ1) is 14.1. The van der Waals surface area contributed by atoms with E-state index in [9.17, 15) is 9.90 Å². The molecular formula is C28H44O2. The molecule has 4 aliphatic rings. The van der Waals surface area contributed by atoms with E-state index in [1.807, 2.05) is 0 Å². The predicted molar refractivity (Wildman–Crippen MR) is 124 cm³/mol. The van der Waals surface area contributed by atoms with Crippen LogP contribution >= 0.6 is 0 Å². The Morgan fingerprint density at radius 3 is 2.30 bits per heavy atom. The molecule has 0 amide bonds. The fraction of sp³-hybridized carbons (Fsp3) is 0.821. The second kappa shape index (κ2) is 7.91. The minimum absolute atomic E-state index is 0.0379. The highest BCUT2D eigenvalue weighted by Crippen LogP contribution is 2.66. The van der Waals surface area contributed by atoms with Crippen LogP contribution in [0.1, 0.15) is 86.5 Å². The molecule has 0 aliphatic heterocycles. The van der Waals surface area contributed by atoms with E-state index in [-0.39, 0.29) is 17.4 Å². The van der Waals surface area contributed by atoms with E-state index in [2.05, 4.69) is 59.8 Å². The topological polar surface area (TPSA) is 37.3 Å². The van der Waals surface area contributed by atoms with Gasteiger partial charge in [-0.05, 0) is 97.4 Å². The number of allylic oxidation sites excluding steroid dienone is 4. The van der Waals surface area contributed by atoms with Gasteiger partial charge in [0, 0.05) is 5.92 Å². The van der Waals surface area contributed by atoms with Crippen LogP contribution in [0, 0.1) is 52.3 Å². The van der Waals surface area contributed by atoms with Crippen LogP contribution in [0.25, 0.3) is 0 Å². The molecule has 0 radical (unpaired) electrons.